The highest BCUT2D eigenvalue weighted by Crippen LogP contribution is 2.17. The second-order valence-electron chi connectivity index (χ2n) is 5.31. The number of nitrogens with one attached hydrogen (secondary N) is 1. The summed E-state index contributed by atoms with van der Waals surface area (Å²) in [5.74, 6) is -0.319. The van der Waals surface area contributed by atoms with E-state index >= 15 is 0 Å². The number of carboxylic acids is 1. The summed E-state index contributed by atoms with van der Waals surface area (Å²) in [6.45, 7) is 4.67. The van der Waals surface area contributed by atoms with Gasteiger partial charge in [-0.15, -0.1) is 0 Å². The van der Waals surface area contributed by atoms with Crippen molar-refractivity contribution >= 4 is 11.9 Å². The van der Waals surface area contributed by atoms with Crippen LogP contribution in [0.4, 0.5) is 0 Å². The minimum atomic E-state index is -0.747. The largest absolute Gasteiger partial charge is 0.481 e. The van der Waals surface area contributed by atoms with Gasteiger partial charge in [0.25, 0.3) is 0 Å². The summed E-state index contributed by atoms with van der Waals surface area (Å²) in [7, 11) is 1.64. The molecule has 2 unspecified atom stereocenters. The first kappa shape index (κ1) is 18.9. The first-order valence-electron chi connectivity index (χ1n) is 7.50. The molecule has 5 heteroatoms. The topological polar surface area (TPSA) is 75.6 Å². The van der Waals surface area contributed by atoms with Gasteiger partial charge in [-0.1, -0.05) is 19.8 Å². The lowest BCUT2D eigenvalue weighted by Crippen LogP contribution is -2.26. The van der Waals surface area contributed by atoms with E-state index in [0.717, 1.165) is 25.7 Å². The van der Waals surface area contributed by atoms with Crippen LogP contribution in [0.2, 0.25) is 0 Å². The van der Waals surface area contributed by atoms with E-state index in [1.54, 1.807) is 7.11 Å². The molecule has 0 saturated heterocycles. The smallest absolute Gasteiger partial charge is 0.303 e. The number of carbonyl (C=O) groups is 2. The second-order valence-corrected chi connectivity index (χ2v) is 5.31. The Hall–Kier alpha value is -1.10. The minimum absolute atomic E-state index is 0.0439. The molecule has 0 radical (unpaired) electrons. The van der Waals surface area contributed by atoms with E-state index in [2.05, 4.69) is 12.2 Å². The van der Waals surface area contributed by atoms with Gasteiger partial charge in [0.05, 0.1) is 6.10 Å². The number of ether oxygens (including phenoxy) is 1. The van der Waals surface area contributed by atoms with Crippen molar-refractivity contribution in [3.8, 4) is 0 Å². The van der Waals surface area contributed by atoms with E-state index in [1.807, 2.05) is 6.92 Å². The van der Waals surface area contributed by atoms with Crippen molar-refractivity contribution in [1.29, 1.82) is 0 Å². The van der Waals surface area contributed by atoms with Gasteiger partial charge in [0, 0.05) is 26.5 Å². The standard InChI is InChI=1S/C15H29NO4/c1-4-5-13(7-9-15(18)19)10-11-16-14(17)8-6-12(2)20-3/h12-13H,4-11H2,1-3H3,(H,16,17)(H,18,19). The summed E-state index contributed by atoms with van der Waals surface area (Å²) in [6.07, 6.45) is 5.12. The lowest BCUT2D eigenvalue weighted by molar-refractivity contribution is -0.137. The molecule has 0 aromatic heterocycles. The number of hydrogen-bond donors (Lipinski definition) is 2. The van der Waals surface area contributed by atoms with Crippen LogP contribution in [0.5, 0.6) is 0 Å². The van der Waals surface area contributed by atoms with Crippen LogP contribution in [0.25, 0.3) is 0 Å². The Balaban J connectivity index is 3.80. The quantitative estimate of drug-likeness (QED) is 0.578. The van der Waals surface area contributed by atoms with Crippen LogP contribution in [0.1, 0.15) is 58.8 Å². The average molecular weight is 287 g/mol. The summed E-state index contributed by atoms with van der Waals surface area (Å²) in [6, 6.07) is 0. The van der Waals surface area contributed by atoms with Gasteiger partial charge < -0.3 is 15.2 Å². The zero-order chi connectivity index (χ0) is 15.4. The Morgan fingerprint density at radius 2 is 1.85 bits per heavy atom. The number of amides is 1. The zero-order valence-corrected chi connectivity index (χ0v) is 13.0. The molecule has 0 aliphatic heterocycles. The van der Waals surface area contributed by atoms with Gasteiger partial charge in [-0.3, -0.25) is 9.59 Å². The molecular weight excluding hydrogens is 258 g/mol. The molecule has 0 bridgehead atoms. The van der Waals surface area contributed by atoms with Crippen molar-refractivity contribution in [3.63, 3.8) is 0 Å². The molecule has 0 aliphatic carbocycles. The summed E-state index contributed by atoms with van der Waals surface area (Å²) in [5.41, 5.74) is 0. The second kappa shape index (κ2) is 11.7. The molecule has 5 nitrogen and oxygen atoms in total. The number of rotatable bonds is 12. The fourth-order valence-corrected chi connectivity index (χ4v) is 2.13. The Morgan fingerprint density at radius 1 is 1.15 bits per heavy atom. The van der Waals surface area contributed by atoms with Crippen molar-refractivity contribution in [2.45, 2.75) is 64.9 Å². The molecule has 2 atom stereocenters. The lowest BCUT2D eigenvalue weighted by atomic mass is 9.94. The Morgan fingerprint density at radius 3 is 2.40 bits per heavy atom. The van der Waals surface area contributed by atoms with Crippen molar-refractivity contribution in [2.75, 3.05) is 13.7 Å². The SMILES string of the molecule is CCCC(CCNC(=O)CCC(C)OC)CCC(=O)O. The maximum absolute atomic E-state index is 11.6. The van der Waals surface area contributed by atoms with Gasteiger partial charge >= 0.3 is 5.97 Å². The van der Waals surface area contributed by atoms with Crippen LogP contribution in [0.3, 0.4) is 0 Å². The number of hydrogen-bond acceptors (Lipinski definition) is 3. The Kier molecular flexibility index (Phi) is 11.1. The molecule has 0 aliphatic rings. The number of methoxy groups -OCH3 is 1. The third-order valence-corrected chi connectivity index (χ3v) is 3.52. The summed E-state index contributed by atoms with van der Waals surface area (Å²) >= 11 is 0. The molecule has 1 amide bonds. The third kappa shape index (κ3) is 10.8. The molecule has 0 rings (SSSR count). The molecular formula is C15H29NO4. The lowest BCUT2D eigenvalue weighted by Gasteiger charge is -2.15. The highest BCUT2D eigenvalue weighted by Gasteiger charge is 2.11. The van der Waals surface area contributed by atoms with Gasteiger partial charge in [-0.25, -0.2) is 0 Å². The number of aliphatic carboxylic acids is 1. The van der Waals surface area contributed by atoms with Crippen LogP contribution < -0.4 is 5.32 Å². The van der Waals surface area contributed by atoms with Gasteiger partial charge in [-0.2, -0.15) is 0 Å². The number of carboxylic acid groups (broad SMARTS) is 1. The maximum atomic E-state index is 11.6. The van der Waals surface area contributed by atoms with Gasteiger partial charge in [-0.05, 0) is 32.1 Å². The Bertz CT molecular complexity index is 281. The fraction of sp³-hybridized carbons (Fsp3) is 0.867. The monoisotopic (exact) mass is 287 g/mol. The Labute approximate surface area is 122 Å². The third-order valence-electron chi connectivity index (χ3n) is 3.52. The van der Waals surface area contributed by atoms with E-state index in [1.165, 1.54) is 0 Å². The van der Waals surface area contributed by atoms with Crippen LogP contribution >= 0.6 is 0 Å². The van der Waals surface area contributed by atoms with Crippen LogP contribution in [-0.2, 0) is 14.3 Å². The van der Waals surface area contributed by atoms with Crippen molar-refractivity contribution < 1.29 is 19.4 Å². The highest BCUT2D eigenvalue weighted by atomic mass is 16.5. The molecule has 0 aromatic rings. The van der Waals surface area contributed by atoms with E-state index in [-0.39, 0.29) is 18.4 Å². The van der Waals surface area contributed by atoms with Crippen LogP contribution in [-0.4, -0.2) is 36.7 Å². The van der Waals surface area contributed by atoms with Crippen molar-refractivity contribution in [1.82, 2.24) is 5.32 Å². The minimum Gasteiger partial charge on any atom is -0.481 e. The van der Waals surface area contributed by atoms with Crippen LogP contribution in [0, 0.1) is 5.92 Å². The fourth-order valence-electron chi connectivity index (χ4n) is 2.13. The molecule has 0 aromatic carbocycles. The molecule has 0 heterocycles. The molecule has 0 fully saturated rings. The van der Waals surface area contributed by atoms with Gasteiger partial charge in [0.15, 0.2) is 0 Å². The molecule has 0 saturated carbocycles. The number of carbonyl (C=O) groups excluding carboxylic acids is 1. The predicted octanol–water partition coefficient (Wildman–Crippen LogP) is 2.59. The van der Waals surface area contributed by atoms with E-state index < -0.39 is 5.97 Å². The summed E-state index contributed by atoms with van der Waals surface area (Å²) < 4.78 is 5.09. The summed E-state index contributed by atoms with van der Waals surface area (Å²) in [4.78, 5) is 22.2. The van der Waals surface area contributed by atoms with Crippen molar-refractivity contribution in [3.05, 3.63) is 0 Å². The normalized spacial score (nSPS) is 13.8. The van der Waals surface area contributed by atoms with Crippen molar-refractivity contribution in [2.24, 2.45) is 5.92 Å². The van der Waals surface area contributed by atoms with Crippen LogP contribution in [0.15, 0.2) is 0 Å². The van der Waals surface area contributed by atoms with Gasteiger partial charge in [0.2, 0.25) is 5.91 Å². The predicted molar refractivity (Wildman–Crippen MR) is 78.6 cm³/mol. The summed E-state index contributed by atoms with van der Waals surface area (Å²) in [5, 5.41) is 11.6. The van der Waals surface area contributed by atoms with E-state index in [0.29, 0.717) is 25.3 Å². The molecule has 118 valence electrons. The zero-order valence-electron chi connectivity index (χ0n) is 13.0. The highest BCUT2D eigenvalue weighted by molar-refractivity contribution is 5.75. The van der Waals surface area contributed by atoms with E-state index in [4.69, 9.17) is 9.84 Å². The van der Waals surface area contributed by atoms with E-state index in [9.17, 15) is 9.59 Å². The first-order chi connectivity index (χ1) is 9.49. The maximum Gasteiger partial charge on any atom is 0.303 e. The first-order valence-corrected chi connectivity index (χ1v) is 7.50. The molecule has 20 heavy (non-hydrogen) atoms. The van der Waals surface area contributed by atoms with Gasteiger partial charge in [0.1, 0.15) is 0 Å². The average Bonchev–Trinajstić information content (AvgIpc) is 2.41. The molecule has 0 spiro atoms. The molecule has 2 N–H and O–H groups in total.